The highest BCUT2D eigenvalue weighted by molar-refractivity contribution is 5.73. The summed E-state index contributed by atoms with van der Waals surface area (Å²) in [5.74, 6) is 2.57. The van der Waals surface area contributed by atoms with E-state index in [2.05, 4.69) is 15.0 Å². The zero-order valence-electron chi connectivity index (χ0n) is 10.8. The van der Waals surface area contributed by atoms with Gasteiger partial charge in [0, 0.05) is 26.6 Å². The monoisotopic (exact) mass is 245 g/mol. The second kappa shape index (κ2) is 4.24. The molecule has 1 saturated carbocycles. The fraction of sp³-hybridized carbons (Fsp3) is 0.538. The molecule has 0 saturated heterocycles. The molecule has 96 valence electrons. The van der Waals surface area contributed by atoms with Crippen molar-refractivity contribution < 1.29 is 0 Å². The van der Waals surface area contributed by atoms with E-state index in [1.165, 1.54) is 12.8 Å². The summed E-state index contributed by atoms with van der Waals surface area (Å²) in [5.41, 5.74) is 7.88. The third-order valence-corrected chi connectivity index (χ3v) is 3.50. The Labute approximate surface area is 106 Å². The number of hydrogen-bond donors (Lipinski definition) is 2. The lowest BCUT2D eigenvalue weighted by Gasteiger charge is -2.09. The van der Waals surface area contributed by atoms with Gasteiger partial charge >= 0.3 is 0 Å². The number of hydrogen-bond acceptors (Lipinski definition) is 4. The summed E-state index contributed by atoms with van der Waals surface area (Å²) in [6, 6.07) is 4.25. The first-order valence-corrected chi connectivity index (χ1v) is 6.42. The van der Waals surface area contributed by atoms with E-state index in [9.17, 15) is 0 Å². The van der Waals surface area contributed by atoms with E-state index in [-0.39, 0.29) is 6.04 Å². The van der Waals surface area contributed by atoms with Crippen molar-refractivity contribution in [3.63, 3.8) is 0 Å². The molecule has 0 aliphatic heterocycles. The predicted octanol–water partition coefficient (Wildman–Crippen LogP) is 1.30. The average Bonchev–Trinajstić information content (AvgIpc) is 3.09. The van der Waals surface area contributed by atoms with Crippen LogP contribution in [0.15, 0.2) is 12.1 Å². The molecule has 0 aromatic carbocycles. The van der Waals surface area contributed by atoms with Crippen LogP contribution in [-0.4, -0.2) is 35.1 Å². The van der Waals surface area contributed by atoms with E-state index in [4.69, 9.17) is 5.73 Å². The highest BCUT2D eigenvalue weighted by Gasteiger charge is 2.29. The number of imidazole rings is 1. The topological polar surface area (TPSA) is 70.8 Å². The molecule has 0 radical (unpaired) electrons. The molecule has 2 aromatic rings. The van der Waals surface area contributed by atoms with Crippen LogP contribution in [0.2, 0.25) is 0 Å². The lowest BCUT2D eigenvalue weighted by Crippen LogP contribution is -2.25. The van der Waals surface area contributed by atoms with Crippen molar-refractivity contribution >= 4 is 17.0 Å². The smallest absolute Gasteiger partial charge is 0.179 e. The highest BCUT2D eigenvalue weighted by Crippen LogP contribution is 2.32. The molecule has 2 aromatic heterocycles. The van der Waals surface area contributed by atoms with Gasteiger partial charge in [0.1, 0.15) is 11.6 Å². The number of anilines is 1. The maximum absolute atomic E-state index is 6.12. The van der Waals surface area contributed by atoms with Gasteiger partial charge in [-0.1, -0.05) is 0 Å². The van der Waals surface area contributed by atoms with Crippen molar-refractivity contribution in [1.82, 2.24) is 15.0 Å². The number of nitrogens with zero attached hydrogens (tertiary/aromatic N) is 3. The number of aromatic amines is 1. The Morgan fingerprint density at radius 2 is 2.17 bits per heavy atom. The summed E-state index contributed by atoms with van der Waals surface area (Å²) in [5, 5.41) is 0. The molecule has 1 unspecified atom stereocenters. The molecule has 0 spiro atoms. The van der Waals surface area contributed by atoms with Gasteiger partial charge in [0.05, 0.1) is 5.52 Å². The van der Waals surface area contributed by atoms with Crippen molar-refractivity contribution in [3.8, 4) is 0 Å². The fourth-order valence-corrected chi connectivity index (χ4v) is 2.19. The van der Waals surface area contributed by atoms with Gasteiger partial charge in [0.25, 0.3) is 0 Å². The summed E-state index contributed by atoms with van der Waals surface area (Å²) in [6.07, 6.45) is 3.35. The van der Waals surface area contributed by atoms with Crippen LogP contribution < -0.4 is 10.6 Å². The predicted molar refractivity (Wildman–Crippen MR) is 72.6 cm³/mol. The van der Waals surface area contributed by atoms with Crippen LogP contribution in [0.3, 0.4) is 0 Å². The van der Waals surface area contributed by atoms with Crippen LogP contribution in [-0.2, 0) is 6.42 Å². The third kappa shape index (κ3) is 2.18. The number of fused-ring (bicyclic) bond motifs is 1. The van der Waals surface area contributed by atoms with Crippen LogP contribution in [0.1, 0.15) is 18.7 Å². The van der Waals surface area contributed by atoms with Crippen LogP contribution >= 0.6 is 0 Å². The standard InChI is InChI=1S/C13H19N5/c1-18(2)12-6-5-10-13(17-12)16-11(15-10)7-9(14)8-3-4-8/h5-6,8-9H,3-4,7,14H2,1-2H3,(H,15,16,17). The van der Waals surface area contributed by atoms with Crippen LogP contribution in [0.25, 0.3) is 11.2 Å². The summed E-state index contributed by atoms with van der Waals surface area (Å²) in [6.45, 7) is 0. The molecular formula is C13H19N5. The van der Waals surface area contributed by atoms with Crippen LogP contribution in [0, 0.1) is 5.92 Å². The van der Waals surface area contributed by atoms with E-state index in [1.54, 1.807) is 0 Å². The van der Waals surface area contributed by atoms with Gasteiger partial charge in [-0.15, -0.1) is 0 Å². The van der Waals surface area contributed by atoms with Crippen LogP contribution in [0.4, 0.5) is 5.82 Å². The largest absolute Gasteiger partial charge is 0.363 e. The molecule has 18 heavy (non-hydrogen) atoms. The average molecular weight is 245 g/mol. The Kier molecular flexibility index (Phi) is 2.70. The molecule has 5 heteroatoms. The Morgan fingerprint density at radius 3 is 2.83 bits per heavy atom. The van der Waals surface area contributed by atoms with Crippen molar-refractivity contribution in [1.29, 1.82) is 0 Å². The molecule has 1 atom stereocenters. The summed E-state index contributed by atoms with van der Waals surface area (Å²) in [7, 11) is 3.95. The molecule has 0 bridgehead atoms. The minimum Gasteiger partial charge on any atom is -0.363 e. The Bertz CT molecular complexity index is 556. The first-order valence-electron chi connectivity index (χ1n) is 6.42. The Hall–Kier alpha value is -1.62. The molecule has 0 amide bonds. The molecule has 3 N–H and O–H groups in total. The minimum absolute atomic E-state index is 0.235. The minimum atomic E-state index is 0.235. The van der Waals surface area contributed by atoms with E-state index >= 15 is 0 Å². The first-order chi connectivity index (χ1) is 8.63. The number of H-pyrrole nitrogens is 1. The lowest BCUT2D eigenvalue weighted by molar-refractivity contribution is 0.579. The van der Waals surface area contributed by atoms with Gasteiger partial charge in [-0.2, -0.15) is 0 Å². The summed E-state index contributed by atoms with van der Waals surface area (Å²) < 4.78 is 0. The van der Waals surface area contributed by atoms with Gasteiger partial charge < -0.3 is 15.6 Å². The van der Waals surface area contributed by atoms with E-state index in [1.807, 2.05) is 31.1 Å². The van der Waals surface area contributed by atoms with Gasteiger partial charge in [-0.25, -0.2) is 9.97 Å². The van der Waals surface area contributed by atoms with Gasteiger partial charge in [0.15, 0.2) is 5.65 Å². The molecule has 2 heterocycles. The number of pyridine rings is 1. The second-order valence-corrected chi connectivity index (χ2v) is 5.32. The Morgan fingerprint density at radius 1 is 1.39 bits per heavy atom. The lowest BCUT2D eigenvalue weighted by atomic mass is 10.1. The zero-order chi connectivity index (χ0) is 12.7. The molecule has 3 rings (SSSR count). The summed E-state index contributed by atoms with van der Waals surface area (Å²) in [4.78, 5) is 14.3. The molecule has 1 fully saturated rings. The number of aromatic nitrogens is 3. The van der Waals surface area contributed by atoms with Crippen molar-refractivity contribution in [2.24, 2.45) is 11.7 Å². The van der Waals surface area contributed by atoms with E-state index < -0.39 is 0 Å². The maximum atomic E-state index is 6.12. The molecule has 1 aliphatic carbocycles. The third-order valence-electron chi connectivity index (χ3n) is 3.50. The fourth-order valence-electron chi connectivity index (χ4n) is 2.19. The first kappa shape index (κ1) is 11.5. The van der Waals surface area contributed by atoms with Gasteiger partial charge in [-0.05, 0) is 30.9 Å². The maximum Gasteiger partial charge on any atom is 0.179 e. The second-order valence-electron chi connectivity index (χ2n) is 5.32. The van der Waals surface area contributed by atoms with Crippen molar-refractivity contribution in [2.45, 2.75) is 25.3 Å². The zero-order valence-corrected chi connectivity index (χ0v) is 10.8. The Balaban J connectivity index is 1.85. The van der Waals surface area contributed by atoms with Gasteiger partial charge in [0.2, 0.25) is 0 Å². The van der Waals surface area contributed by atoms with Gasteiger partial charge in [-0.3, -0.25) is 0 Å². The number of rotatable bonds is 4. The van der Waals surface area contributed by atoms with Crippen LogP contribution in [0.5, 0.6) is 0 Å². The molecule has 1 aliphatic rings. The van der Waals surface area contributed by atoms with E-state index in [0.29, 0.717) is 5.92 Å². The number of nitrogens with one attached hydrogen (secondary N) is 1. The quantitative estimate of drug-likeness (QED) is 0.852. The summed E-state index contributed by atoms with van der Waals surface area (Å²) >= 11 is 0. The molecule has 5 nitrogen and oxygen atoms in total. The van der Waals surface area contributed by atoms with Crippen molar-refractivity contribution in [2.75, 3.05) is 19.0 Å². The SMILES string of the molecule is CN(C)c1ccc2[nH]c(CC(N)C3CC3)nc2n1. The highest BCUT2D eigenvalue weighted by atomic mass is 15.1. The molecular weight excluding hydrogens is 226 g/mol. The van der Waals surface area contributed by atoms with Crippen molar-refractivity contribution in [3.05, 3.63) is 18.0 Å². The van der Waals surface area contributed by atoms with E-state index in [0.717, 1.165) is 29.2 Å². The normalized spacial score (nSPS) is 17.1. The number of nitrogens with two attached hydrogens (primary N) is 1.